The number of non-ortho nitro benzene ring substituents is 1. The third-order valence-corrected chi connectivity index (χ3v) is 4.33. The second-order valence-corrected chi connectivity index (χ2v) is 6.45. The van der Waals surface area contributed by atoms with E-state index in [2.05, 4.69) is 20.5 Å². The molecule has 2 N–H and O–H groups in total. The van der Waals surface area contributed by atoms with Crippen LogP contribution in [0.5, 0.6) is 0 Å². The standard InChI is InChI=1S/C18H14FN5O3S/c19-14-8-7-13(24(26)27)10-15(14)20-17(25)11-28-18-21-16(22-23-18)9-6-12-4-2-1-3-5-12/h1-10H,11H2,(H,20,25)(H,21,22,23)/b9-6+. The highest BCUT2D eigenvalue weighted by atomic mass is 32.2. The van der Waals surface area contributed by atoms with Gasteiger partial charge in [-0.3, -0.25) is 20.0 Å². The quantitative estimate of drug-likeness (QED) is 0.355. The lowest BCUT2D eigenvalue weighted by molar-refractivity contribution is -0.384. The highest BCUT2D eigenvalue weighted by molar-refractivity contribution is 7.99. The van der Waals surface area contributed by atoms with Crippen molar-refractivity contribution < 1.29 is 14.1 Å². The SMILES string of the molecule is O=C(CSc1n[nH]c(/C=C/c2ccccc2)n1)Nc1cc([N+](=O)[O-])ccc1F. The molecule has 0 radical (unpaired) electrons. The highest BCUT2D eigenvalue weighted by Crippen LogP contribution is 2.22. The number of carbonyl (C=O) groups is 1. The first-order chi connectivity index (χ1) is 13.5. The number of H-pyrrole nitrogens is 1. The second-order valence-electron chi connectivity index (χ2n) is 5.51. The summed E-state index contributed by atoms with van der Waals surface area (Å²) in [6.07, 6.45) is 3.62. The molecule has 0 fully saturated rings. The van der Waals surface area contributed by atoms with Crippen LogP contribution < -0.4 is 5.32 Å². The Labute approximate surface area is 163 Å². The van der Waals surface area contributed by atoms with Crippen LogP contribution in [0, 0.1) is 15.9 Å². The Kier molecular flexibility index (Phi) is 6.12. The number of amides is 1. The van der Waals surface area contributed by atoms with Gasteiger partial charge in [-0.2, -0.15) is 0 Å². The molecule has 1 amide bonds. The molecule has 1 heterocycles. The summed E-state index contributed by atoms with van der Waals surface area (Å²) in [7, 11) is 0. The van der Waals surface area contributed by atoms with Crippen LogP contribution in [0.1, 0.15) is 11.4 Å². The molecule has 0 saturated carbocycles. The molecule has 0 bridgehead atoms. The van der Waals surface area contributed by atoms with Gasteiger partial charge >= 0.3 is 0 Å². The minimum Gasteiger partial charge on any atom is -0.323 e. The van der Waals surface area contributed by atoms with Crippen LogP contribution in [0.25, 0.3) is 12.2 Å². The van der Waals surface area contributed by atoms with E-state index in [9.17, 15) is 19.3 Å². The van der Waals surface area contributed by atoms with Gasteiger partial charge in [-0.15, -0.1) is 5.10 Å². The maximum absolute atomic E-state index is 13.7. The van der Waals surface area contributed by atoms with E-state index in [1.54, 1.807) is 6.08 Å². The molecule has 0 spiro atoms. The fraction of sp³-hybridized carbons (Fsp3) is 0.0556. The Morgan fingerprint density at radius 2 is 2.04 bits per heavy atom. The molecular weight excluding hydrogens is 385 g/mol. The second kappa shape index (κ2) is 8.91. The van der Waals surface area contributed by atoms with Gasteiger partial charge < -0.3 is 5.32 Å². The zero-order chi connectivity index (χ0) is 19.9. The number of aromatic amines is 1. The lowest BCUT2D eigenvalue weighted by Gasteiger charge is -2.05. The minimum absolute atomic E-state index is 0.0815. The number of nitro benzene ring substituents is 1. The Balaban J connectivity index is 1.55. The third-order valence-electron chi connectivity index (χ3n) is 3.48. The van der Waals surface area contributed by atoms with Gasteiger partial charge in [0, 0.05) is 12.1 Å². The van der Waals surface area contributed by atoms with E-state index in [4.69, 9.17) is 0 Å². The molecule has 10 heteroatoms. The molecule has 0 aliphatic heterocycles. The van der Waals surface area contributed by atoms with E-state index in [0.29, 0.717) is 11.0 Å². The average molecular weight is 399 g/mol. The Morgan fingerprint density at radius 3 is 2.79 bits per heavy atom. The molecule has 0 aliphatic rings. The van der Waals surface area contributed by atoms with E-state index < -0.39 is 16.6 Å². The molecule has 3 aromatic rings. The van der Waals surface area contributed by atoms with Gasteiger partial charge in [-0.25, -0.2) is 9.37 Å². The topological polar surface area (TPSA) is 114 Å². The van der Waals surface area contributed by atoms with Gasteiger partial charge in [0.15, 0.2) is 0 Å². The lowest BCUT2D eigenvalue weighted by Crippen LogP contribution is -2.15. The van der Waals surface area contributed by atoms with Crippen molar-refractivity contribution >= 4 is 41.2 Å². The number of halogens is 1. The largest absolute Gasteiger partial charge is 0.323 e. The van der Waals surface area contributed by atoms with Gasteiger partial charge in [0.2, 0.25) is 11.1 Å². The number of carbonyl (C=O) groups excluding carboxylic acids is 1. The van der Waals surface area contributed by atoms with Crippen LogP contribution in [-0.4, -0.2) is 31.8 Å². The van der Waals surface area contributed by atoms with Crippen LogP contribution in [0.15, 0.2) is 53.7 Å². The first-order valence-corrected chi connectivity index (χ1v) is 9.02. The zero-order valence-corrected chi connectivity index (χ0v) is 15.1. The normalized spacial score (nSPS) is 10.9. The monoisotopic (exact) mass is 399 g/mol. The molecule has 142 valence electrons. The van der Waals surface area contributed by atoms with Crippen LogP contribution in [0.4, 0.5) is 15.8 Å². The number of nitrogens with zero attached hydrogens (tertiary/aromatic N) is 3. The molecule has 3 rings (SSSR count). The van der Waals surface area contributed by atoms with Gasteiger partial charge in [0.1, 0.15) is 11.6 Å². The number of benzene rings is 2. The van der Waals surface area contributed by atoms with Crippen molar-refractivity contribution in [1.29, 1.82) is 0 Å². The summed E-state index contributed by atoms with van der Waals surface area (Å²) >= 11 is 1.05. The number of rotatable bonds is 7. The summed E-state index contributed by atoms with van der Waals surface area (Å²) in [5.74, 6) is -0.843. The summed E-state index contributed by atoms with van der Waals surface area (Å²) in [5.41, 5.74) is 0.445. The van der Waals surface area contributed by atoms with Crippen molar-refractivity contribution in [2.75, 3.05) is 11.1 Å². The van der Waals surface area contributed by atoms with E-state index in [1.807, 2.05) is 36.4 Å². The van der Waals surface area contributed by atoms with E-state index in [0.717, 1.165) is 35.5 Å². The number of aromatic nitrogens is 3. The van der Waals surface area contributed by atoms with Crippen molar-refractivity contribution in [3.8, 4) is 0 Å². The summed E-state index contributed by atoms with van der Waals surface area (Å²) in [5, 5.41) is 20.1. The fourth-order valence-corrected chi connectivity index (χ4v) is 2.78. The van der Waals surface area contributed by atoms with Crippen LogP contribution in [0.3, 0.4) is 0 Å². The molecular formula is C18H14FN5O3S. The van der Waals surface area contributed by atoms with Crippen molar-refractivity contribution in [2.45, 2.75) is 5.16 Å². The van der Waals surface area contributed by atoms with Crippen LogP contribution in [-0.2, 0) is 4.79 Å². The number of thioether (sulfide) groups is 1. The number of hydrogen-bond acceptors (Lipinski definition) is 6. The van der Waals surface area contributed by atoms with E-state index in [1.165, 1.54) is 0 Å². The molecule has 1 aromatic heterocycles. The Morgan fingerprint density at radius 1 is 1.25 bits per heavy atom. The van der Waals surface area contributed by atoms with Gasteiger partial charge in [-0.05, 0) is 17.7 Å². The molecule has 0 atom stereocenters. The summed E-state index contributed by atoms with van der Waals surface area (Å²) in [6.45, 7) is 0. The van der Waals surface area contributed by atoms with E-state index >= 15 is 0 Å². The van der Waals surface area contributed by atoms with Crippen molar-refractivity contribution in [2.24, 2.45) is 0 Å². The lowest BCUT2D eigenvalue weighted by atomic mass is 10.2. The van der Waals surface area contributed by atoms with Crippen molar-refractivity contribution in [3.63, 3.8) is 0 Å². The number of hydrogen-bond donors (Lipinski definition) is 2. The molecule has 0 aliphatic carbocycles. The van der Waals surface area contributed by atoms with Crippen LogP contribution in [0.2, 0.25) is 0 Å². The van der Waals surface area contributed by atoms with Gasteiger partial charge in [-0.1, -0.05) is 48.2 Å². The zero-order valence-electron chi connectivity index (χ0n) is 14.3. The predicted octanol–water partition coefficient (Wildman–Crippen LogP) is 3.75. The van der Waals surface area contributed by atoms with Gasteiger partial charge in [0.05, 0.1) is 16.4 Å². The summed E-state index contributed by atoms with van der Waals surface area (Å²) < 4.78 is 13.7. The van der Waals surface area contributed by atoms with Crippen molar-refractivity contribution in [1.82, 2.24) is 15.2 Å². The highest BCUT2D eigenvalue weighted by Gasteiger charge is 2.14. The first-order valence-electron chi connectivity index (χ1n) is 8.03. The third kappa shape index (κ3) is 5.24. The maximum Gasteiger partial charge on any atom is 0.271 e. The summed E-state index contributed by atoms with van der Waals surface area (Å²) in [6, 6.07) is 12.6. The van der Waals surface area contributed by atoms with Crippen molar-refractivity contribution in [3.05, 3.63) is 75.9 Å². The van der Waals surface area contributed by atoms with Crippen LogP contribution >= 0.6 is 11.8 Å². The van der Waals surface area contributed by atoms with E-state index in [-0.39, 0.29) is 17.1 Å². The smallest absolute Gasteiger partial charge is 0.271 e. The molecule has 28 heavy (non-hydrogen) atoms. The number of nitrogens with one attached hydrogen (secondary N) is 2. The molecule has 2 aromatic carbocycles. The molecule has 0 unspecified atom stereocenters. The summed E-state index contributed by atoms with van der Waals surface area (Å²) in [4.78, 5) is 26.3. The van der Waals surface area contributed by atoms with Gasteiger partial charge in [0.25, 0.3) is 5.69 Å². The Bertz CT molecular complexity index is 1020. The Hall–Kier alpha value is -3.53. The average Bonchev–Trinajstić information content (AvgIpc) is 3.15. The molecule has 0 saturated heterocycles. The number of anilines is 1. The number of nitro groups is 1. The maximum atomic E-state index is 13.7. The first kappa shape index (κ1) is 19.2. The fourth-order valence-electron chi connectivity index (χ4n) is 2.18. The molecule has 8 nitrogen and oxygen atoms in total. The minimum atomic E-state index is -0.754. The predicted molar refractivity (Wildman–Crippen MR) is 104 cm³/mol.